The third kappa shape index (κ3) is 23.3. The Hall–Kier alpha value is -6.42. The van der Waals surface area contributed by atoms with Crippen LogP contribution in [0.1, 0.15) is 130 Å². The molecule has 428 valence electrons. The topological polar surface area (TPSA) is 119 Å². The molecule has 2 heterocycles. The van der Waals surface area contributed by atoms with Gasteiger partial charge in [-0.05, 0) is 98.4 Å². The molecule has 2 N–H and O–H groups in total. The summed E-state index contributed by atoms with van der Waals surface area (Å²) >= 11 is 0. The van der Waals surface area contributed by atoms with E-state index in [2.05, 4.69) is 48.1 Å². The van der Waals surface area contributed by atoms with Crippen molar-refractivity contribution in [1.29, 1.82) is 0 Å². The van der Waals surface area contributed by atoms with Gasteiger partial charge in [-0.2, -0.15) is 0 Å². The summed E-state index contributed by atoms with van der Waals surface area (Å²) in [5.41, 5.74) is 9.76. The van der Waals surface area contributed by atoms with Crippen LogP contribution in [0.4, 0.5) is 8.78 Å². The average molecular weight is 1440 g/mol. The summed E-state index contributed by atoms with van der Waals surface area (Å²) in [6.07, 6.45) is 18.2. The fourth-order valence-electron chi connectivity index (χ4n) is 8.58. The second-order valence-electron chi connectivity index (χ2n) is 19.3. The predicted molar refractivity (Wildman–Crippen MR) is 311 cm³/mol. The number of allylic oxidation sites excluding steroid dienone is 4. The van der Waals surface area contributed by atoms with Crippen molar-refractivity contribution in [2.75, 3.05) is 13.2 Å². The molecule has 0 fully saturated rings. The second-order valence-corrected chi connectivity index (χ2v) is 19.3. The van der Waals surface area contributed by atoms with E-state index in [9.17, 15) is 28.6 Å². The molecule has 0 spiro atoms. The van der Waals surface area contributed by atoms with Gasteiger partial charge < -0.3 is 29.7 Å². The third-order valence-corrected chi connectivity index (χ3v) is 13.0. The first-order valence-corrected chi connectivity index (χ1v) is 27.4. The Morgan fingerprint density at radius 3 is 1.15 bits per heavy atom. The Kier molecular flexibility index (Phi) is 31.8. The van der Waals surface area contributed by atoms with Gasteiger partial charge in [-0.25, -0.2) is 0 Å². The molecule has 7 rings (SSSR count). The third-order valence-electron chi connectivity index (χ3n) is 13.0. The van der Waals surface area contributed by atoms with Crippen molar-refractivity contribution in [3.05, 3.63) is 203 Å². The van der Waals surface area contributed by atoms with Gasteiger partial charge in [0, 0.05) is 99.4 Å². The zero-order valence-electron chi connectivity index (χ0n) is 47.0. The first kappa shape index (κ1) is 67.9. The van der Waals surface area contributed by atoms with Crippen molar-refractivity contribution in [1.82, 2.24) is 9.97 Å². The van der Waals surface area contributed by atoms with Gasteiger partial charge in [-0.3, -0.25) is 18.4 Å². The average Bonchev–Trinajstić information content (AvgIpc) is 3.48. The molecule has 0 amide bonds. The Labute approximate surface area is 500 Å². The van der Waals surface area contributed by atoms with E-state index in [1.165, 1.54) is 89.5 Å². The minimum Gasteiger partial charge on any atom is -0.512 e. The molecule has 80 heavy (non-hydrogen) atoms. The summed E-state index contributed by atoms with van der Waals surface area (Å²) < 4.78 is 38.2. The van der Waals surface area contributed by atoms with E-state index < -0.39 is 0 Å². The maximum absolute atomic E-state index is 12.6. The Morgan fingerprint density at radius 1 is 0.487 bits per heavy atom. The van der Waals surface area contributed by atoms with Crippen molar-refractivity contribution in [2.24, 2.45) is 0 Å². The smallest absolute Gasteiger partial charge is 0.159 e. The van der Waals surface area contributed by atoms with Gasteiger partial charge in [0.2, 0.25) is 0 Å². The van der Waals surface area contributed by atoms with Crippen molar-refractivity contribution < 1.29 is 78.3 Å². The second kappa shape index (κ2) is 37.5. The zero-order chi connectivity index (χ0) is 56.1. The van der Waals surface area contributed by atoms with Gasteiger partial charge in [0.25, 0.3) is 0 Å². The number of ether oxygens (including phenoxy) is 2. The molecule has 2 radical (unpaired) electrons. The number of carbonyl (C=O) groups is 2. The van der Waals surface area contributed by atoms with Crippen LogP contribution in [0.3, 0.4) is 0 Å². The van der Waals surface area contributed by atoms with Crippen LogP contribution >= 0.6 is 0 Å². The Bertz CT molecular complexity index is 2760. The number of nitrogens with zero attached hydrogens (tertiary/aromatic N) is 2. The van der Waals surface area contributed by atoms with E-state index in [1.54, 1.807) is 38.4 Å². The quantitative estimate of drug-likeness (QED) is 0.0238. The number of halogens is 2. The SMILES string of the molecule is CCCCCCCCOc1cc(-c2ccc(CC(C(C)=O)=C(C)O)cc2)c(OCCCCCCCC)cc1-c1ccc(CC(C(C)=O)=C(C)O)cc1.Fc1c[c-]c(-c2ccccn2)cc1.Fc1c[c-]c(-c2ccccn2)cc1.[Ir].[Ir]. The van der Waals surface area contributed by atoms with E-state index in [4.69, 9.17) is 9.47 Å². The normalized spacial score (nSPS) is 11.2. The summed E-state index contributed by atoms with van der Waals surface area (Å²) in [5.74, 6) is 0.837. The van der Waals surface area contributed by atoms with Crippen molar-refractivity contribution >= 4 is 11.6 Å². The molecule has 0 unspecified atom stereocenters. The minimum absolute atomic E-state index is 0. The fourth-order valence-corrected chi connectivity index (χ4v) is 8.58. The van der Waals surface area contributed by atoms with Gasteiger partial charge >= 0.3 is 0 Å². The number of ketones is 2. The summed E-state index contributed by atoms with van der Waals surface area (Å²) in [4.78, 5) is 32.5. The van der Waals surface area contributed by atoms with Crippen molar-refractivity contribution in [3.8, 4) is 56.3 Å². The zero-order valence-corrected chi connectivity index (χ0v) is 51.8. The Balaban J connectivity index is 0.000000481. The van der Waals surface area contributed by atoms with Crippen LogP contribution in [0.5, 0.6) is 11.5 Å². The number of aliphatic hydroxyl groups excluding tert-OH is 2. The molecule has 0 aliphatic rings. The Morgan fingerprint density at radius 2 is 0.850 bits per heavy atom. The molecule has 7 aromatic rings. The predicted octanol–water partition coefficient (Wildman–Crippen LogP) is 17.8. The number of benzene rings is 5. The summed E-state index contributed by atoms with van der Waals surface area (Å²) in [6.45, 7) is 11.7. The molecule has 0 aliphatic carbocycles. The fraction of sp³-hybridized carbons (Fsp3) is 0.324. The monoisotopic (exact) mass is 1440 g/mol. The van der Waals surface area contributed by atoms with E-state index in [0.717, 1.165) is 93.1 Å². The van der Waals surface area contributed by atoms with E-state index in [0.29, 0.717) is 37.2 Å². The maximum Gasteiger partial charge on any atom is 0.159 e. The minimum atomic E-state index is -0.278. The number of hydrogen-bond donors (Lipinski definition) is 2. The van der Waals surface area contributed by atoms with Crippen molar-refractivity contribution in [2.45, 2.75) is 131 Å². The van der Waals surface area contributed by atoms with Gasteiger partial charge in [0.1, 0.15) is 11.5 Å². The summed E-state index contributed by atoms with van der Waals surface area (Å²) in [7, 11) is 0. The molecule has 12 heteroatoms. The van der Waals surface area contributed by atoms with Crippen molar-refractivity contribution in [3.63, 3.8) is 0 Å². The van der Waals surface area contributed by atoms with Crippen LogP contribution in [-0.2, 0) is 62.6 Å². The number of Topliss-reactive ketones (excluding diaryl/α,β-unsaturated/α-hetero) is 2. The molecule has 0 atom stereocenters. The van der Waals surface area contributed by atoms with Gasteiger partial charge in [0.15, 0.2) is 11.6 Å². The number of hydrogen-bond acceptors (Lipinski definition) is 8. The number of pyridine rings is 2. The standard InChI is InChI=1S/C46H62O6.2C11H7FN.2Ir/c1-7-9-11-13-15-17-27-51-45-31-44(40-25-21-38(22-26-40)30-42(35(5)49)36(6)50)46(52-28-18-16-14-12-10-8-2)32-43(45)39-23-19-37(20-24-39)29-41(33(3)47)34(4)48;2*12-10-6-4-9(5-7-10)11-3-1-2-8-13-11;;/h19-26,31-32,47,49H,7-18,27-30H2,1-6H3;2*1-4,6-8H;;/q;2*-1;;. The van der Waals surface area contributed by atoms with Gasteiger partial charge in [0.05, 0.1) is 24.7 Å². The van der Waals surface area contributed by atoms with Crippen LogP contribution in [-0.4, -0.2) is 45.0 Å². The molecule has 0 saturated heterocycles. The number of aromatic nitrogens is 2. The molecule has 0 bridgehead atoms. The largest absolute Gasteiger partial charge is 0.512 e. The van der Waals surface area contributed by atoms with Gasteiger partial charge in [-0.1, -0.05) is 151 Å². The van der Waals surface area contributed by atoms with Crippen LogP contribution in [0.2, 0.25) is 0 Å². The number of carbonyl (C=O) groups excluding carboxylic acids is 2. The molecule has 5 aromatic carbocycles. The summed E-state index contributed by atoms with van der Waals surface area (Å²) in [6, 6.07) is 45.9. The molecule has 8 nitrogen and oxygen atoms in total. The number of unbranched alkanes of at least 4 members (excludes halogenated alkanes) is 10. The van der Waals surface area contributed by atoms with E-state index >= 15 is 0 Å². The molecule has 0 aliphatic heterocycles. The maximum atomic E-state index is 12.6. The number of aliphatic hydroxyl groups is 2. The summed E-state index contributed by atoms with van der Waals surface area (Å²) in [5, 5.41) is 20.1. The van der Waals surface area contributed by atoms with E-state index in [1.807, 2.05) is 84.9 Å². The first-order chi connectivity index (χ1) is 37.8. The number of rotatable bonds is 26. The van der Waals surface area contributed by atoms with Crippen LogP contribution < -0.4 is 9.47 Å². The first-order valence-electron chi connectivity index (χ1n) is 27.4. The van der Waals surface area contributed by atoms with Crippen LogP contribution in [0.15, 0.2) is 169 Å². The molecule has 0 saturated carbocycles. The molecule has 2 aromatic heterocycles. The van der Waals surface area contributed by atoms with Crippen LogP contribution in [0.25, 0.3) is 44.8 Å². The van der Waals surface area contributed by atoms with E-state index in [-0.39, 0.29) is 74.9 Å². The molecular formula is C68H76F2Ir2N2O6-2. The van der Waals surface area contributed by atoms with Gasteiger partial charge in [-0.15, -0.1) is 59.7 Å². The molecular weight excluding hydrogens is 1360 g/mol. The van der Waals surface area contributed by atoms with Crippen LogP contribution in [0, 0.1) is 23.8 Å².